The molecule has 0 spiro atoms. The number of nitrogens with zero attached hydrogens (tertiary/aromatic N) is 3. The molecule has 0 amide bonds. The highest BCUT2D eigenvalue weighted by Crippen LogP contribution is 2.21. The van der Waals surface area contributed by atoms with Gasteiger partial charge in [-0.25, -0.2) is 0 Å². The third-order valence-electron chi connectivity index (χ3n) is 2.51. The molecule has 2 aromatic rings. The van der Waals surface area contributed by atoms with E-state index < -0.39 is 0 Å². The van der Waals surface area contributed by atoms with Crippen LogP contribution in [0.15, 0.2) is 18.2 Å². The van der Waals surface area contributed by atoms with E-state index in [1.807, 2.05) is 32.2 Å². The molecule has 0 saturated carbocycles. The van der Waals surface area contributed by atoms with Crippen molar-refractivity contribution in [1.29, 1.82) is 5.26 Å². The molecule has 0 aliphatic rings. The number of aryl methyl sites for hydroxylation is 1. The zero-order chi connectivity index (χ0) is 11.0. The van der Waals surface area contributed by atoms with Gasteiger partial charge in [0.1, 0.15) is 6.07 Å². The van der Waals surface area contributed by atoms with Crippen LogP contribution >= 0.6 is 12.4 Å². The highest BCUT2D eigenvalue weighted by molar-refractivity contribution is 5.85. The van der Waals surface area contributed by atoms with Crippen LogP contribution in [0.25, 0.3) is 10.9 Å². The zero-order valence-corrected chi connectivity index (χ0v) is 9.95. The second-order valence-electron chi connectivity index (χ2n) is 3.65. The fraction of sp³-hybridized carbons (Fsp3) is 0.273. The van der Waals surface area contributed by atoms with Crippen molar-refractivity contribution in [2.75, 3.05) is 0 Å². The maximum atomic E-state index is 8.92. The summed E-state index contributed by atoms with van der Waals surface area (Å²) >= 11 is 0. The highest BCUT2D eigenvalue weighted by atomic mass is 35.5. The van der Waals surface area contributed by atoms with Crippen molar-refractivity contribution < 1.29 is 0 Å². The second kappa shape index (κ2) is 4.52. The van der Waals surface area contributed by atoms with Gasteiger partial charge in [-0.2, -0.15) is 10.4 Å². The molecule has 1 atom stereocenters. The topological polar surface area (TPSA) is 67.6 Å². The summed E-state index contributed by atoms with van der Waals surface area (Å²) in [4.78, 5) is 0. The zero-order valence-electron chi connectivity index (χ0n) is 9.14. The van der Waals surface area contributed by atoms with E-state index >= 15 is 0 Å². The first-order chi connectivity index (χ1) is 7.13. The Labute approximate surface area is 100 Å². The molecular formula is C11H13ClN4. The minimum atomic E-state index is -0.0267. The molecule has 2 rings (SSSR count). The fourth-order valence-corrected chi connectivity index (χ4v) is 1.65. The number of aromatic nitrogens is 2. The first-order valence-electron chi connectivity index (χ1n) is 4.76. The van der Waals surface area contributed by atoms with Gasteiger partial charge >= 0.3 is 0 Å². The largest absolute Gasteiger partial charge is 0.324 e. The summed E-state index contributed by atoms with van der Waals surface area (Å²) in [5, 5.41) is 13.9. The molecule has 4 nitrogen and oxygen atoms in total. The van der Waals surface area contributed by atoms with Gasteiger partial charge < -0.3 is 5.73 Å². The van der Waals surface area contributed by atoms with Crippen LogP contribution in [-0.2, 0) is 7.05 Å². The number of nitrogens with two attached hydrogens (primary N) is 1. The molecule has 1 unspecified atom stereocenters. The van der Waals surface area contributed by atoms with Crippen molar-refractivity contribution in [3.63, 3.8) is 0 Å². The van der Waals surface area contributed by atoms with Crippen LogP contribution in [0.1, 0.15) is 24.2 Å². The van der Waals surface area contributed by atoms with Crippen LogP contribution in [0.3, 0.4) is 0 Å². The van der Waals surface area contributed by atoms with Crippen LogP contribution in [0.5, 0.6) is 0 Å². The Kier molecular flexibility index (Phi) is 3.53. The van der Waals surface area contributed by atoms with E-state index in [9.17, 15) is 0 Å². The lowest BCUT2D eigenvalue weighted by molar-refractivity contribution is 0.790. The van der Waals surface area contributed by atoms with E-state index in [1.54, 1.807) is 4.68 Å². The number of halogens is 1. The Hall–Kier alpha value is -1.57. The summed E-state index contributed by atoms with van der Waals surface area (Å²) in [5.41, 5.74) is 8.22. The fourth-order valence-electron chi connectivity index (χ4n) is 1.65. The van der Waals surface area contributed by atoms with E-state index in [0.29, 0.717) is 5.69 Å². The number of rotatable bonds is 1. The summed E-state index contributed by atoms with van der Waals surface area (Å²) in [5.74, 6) is 0. The third-order valence-corrected chi connectivity index (χ3v) is 2.51. The molecular weight excluding hydrogens is 224 g/mol. The average molecular weight is 237 g/mol. The summed E-state index contributed by atoms with van der Waals surface area (Å²) in [6.07, 6.45) is 0. The van der Waals surface area contributed by atoms with E-state index in [1.165, 1.54) is 0 Å². The Bertz CT molecular complexity index is 551. The summed E-state index contributed by atoms with van der Waals surface area (Å²) in [7, 11) is 1.83. The van der Waals surface area contributed by atoms with Gasteiger partial charge in [-0.1, -0.05) is 6.07 Å². The number of hydrogen-bond donors (Lipinski definition) is 1. The number of hydrogen-bond acceptors (Lipinski definition) is 3. The van der Waals surface area contributed by atoms with E-state index in [4.69, 9.17) is 11.0 Å². The van der Waals surface area contributed by atoms with Gasteiger partial charge in [-0.15, -0.1) is 12.4 Å². The molecule has 0 bridgehead atoms. The third kappa shape index (κ3) is 1.87. The van der Waals surface area contributed by atoms with Crippen LogP contribution < -0.4 is 5.73 Å². The van der Waals surface area contributed by atoms with Crippen molar-refractivity contribution in [3.05, 3.63) is 29.5 Å². The van der Waals surface area contributed by atoms with Crippen molar-refractivity contribution in [2.24, 2.45) is 12.8 Å². The Morgan fingerprint density at radius 1 is 1.50 bits per heavy atom. The van der Waals surface area contributed by atoms with Gasteiger partial charge in [-0.05, 0) is 24.6 Å². The quantitative estimate of drug-likeness (QED) is 0.822. The first kappa shape index (κ1) is 12.5. The molecule has 84 valence electrons. The maximum absolute atomic E-state index is 8.92. The molecule has 0 aliphatic heterocycles. The molecule has 5 heteroatoms. The lowest BCUT2D eigenvalue weighted by Crippen LogP contribution is -2.04. The normalized spacial score (nSPS) is 11.9. The smallest absolute Gasteiger partial charge is 0.170 e. The second-order valence-corrected chi connectivity index (χ2v) is 3.65. The van der Waals surface area contributed by atoms with Crippen molar-refractivity contribution in [2.45, 2.75) is 13.0 Å². The van der Waals surface area contributed by atoms with Crippen molar-refractivity contribution in [3.8, 4) is 6.07 Å². The average Bonchev–Trinajstić information content (AvgIpc) is 2.55. The number of benzene rings is 1. The lowest BCUT2D eigenvalue weighted by atomic mass is 10.1. The number of fused-ring (bicyclic) bond motifs is 1. The molecule has 0 aliphatic carbocycles. The molecule has 1 heterocycles. The lowest BCUT2D eigenvalue weighted by Gasteiger charge is -2.04. The van der Waals surface area contributed by atoms with Crippen molar-refractivity contribution in [1.82, 2.24) is 9.78 Å². The van der Waals surface area contributed by atoms with Crippen LogP contribution in [0.4, 0.5) is 0 Å². The molecule has 0 saturated heterocycles. The number of nitriles is 1. The van der Waals surface area contributed by atoms with Crippen LogP contribution in [-0.4, -0.2) is 9.78 Å². The van der Waals surface area contributed by atoms with Gasteiger partial charge in [-0.3, -0.25) is 4.68 Å². The molecule has 0 fully saturated rings. The van der Waals surface area contributed by atoms with Crippen LogP contribution in [0.2, 0.25) is 0 Å². The van der Waals surface area contributed by atoms with E-state index in [2.05, 4.69) is 11.2 Å². The molecule has 1 aromatic carbocycles. The predicted octanol–water partition coefficient (Wildman–Crippen LogP) is 1.89. The summed E-state index contributed by atoms with van der Waals surface area (Å²) < 4.78 is 1.71. The highest BCUT2D eigenvalue weighted by Gasteiger charge is 2.09. The van der Waals surface area contributed by atoms with Crippen molar-refractivity contribution >= 4 is 23.3 Å². The summed E-state index contributed by atoms with van der Waals surface area (Å²) in [6.45, 7) is 1.92. The summed E-state index contributed by atoms with van der Waals surface area (Å²) in [6, 6.07) is 7.91. The Morgan fingerprint density at radius 3 is 2.75 bits per heavy atom. The van der Waals surface area contributed by atoms with Gasteiger partial charge in [0.05, 0.1) is 5.52 Å². The first-order valence-corrected chi connectivity index (χ1v) is 4.76. The molecule has 16 heavy (non-hydrogen) atoms. The molecule has 0 radical (unpaired) electrons. The van der Waals surface area contributed by atoms with Gasteiger partial charge in [0, 0.05) is 18.5 Å². The SMILES string of the molecule is CC(N)c1ccc2c(c1)c(C#N)nn2C.Cl. The predicted molar refractivity (Wildman–Crippen MR) is 65.3 cm³/mol. The van der Waals surface area contributed by atoms with E-state index in [-0.39, 0.29) is 18.4 Å². The van der Waals surface area contributed by atoms with E-state index in [0.717, 1.165) is 16.5 Å². The Morgan fingerprint density at radius 2 is 2.19 bits per heavy atom. The van der Waals surface area contributed by atoms with Gasteiger partial charge in [0.2, 0.25) is 0 Å². The molecule has 1 aromatic heterocycles. The maximum Gasteiger partial charge on any atom is 0.170 e. The standard InChI is InChI=1S/C11H12N4.ClH/c1-7(13)8-3-4-11-9(5-8)10(6-12)14-15(11)2;/h3-5,7H,13H2,1-2H3;1H. The van der Waals surface area contributed by atoms with Gasteiger partial charge in [0.15, 0.2) is 5.69 Å². The minimum absolute atomic E-state index is 0. The van der Waals surface area contributed by atoms with Crippen LogP contribution in [0, 0.1) is 11.3 Å². The van der Waals surface area contributed by atoms with Gasteiger partial charge in [0.25, 0.3) is 0 Å². The minimum Gasteiger partial charge on any atom is -0.324 e. The monoisotopic (exact) mass is 236 g/mol. The Balaban J connectivity index is 0.00000128. The molecule has 2 N–H and O–H groups in total.